The maximum Gasteiger partial charge on any atom is 0.0748 e. The van der Waals surface area contributed by atoms with Crippen molar-refractivity contribution in [3.63, 3.8) is 0 Å². The second-order valence-corrected chi connectivity index (χ2v) is 5.52. The van der Waals surface area contributed by atoms with Gasteiger partial charge in [-0.25, -0.2) is 0 Å². The van der Waals surface area contributed by atoms with E-state index in [0.717, 1.165) is 19.3 Å². The predicted molar refractivity (Wildman–Crippen MR) is 73.5 cm³/mol. The minimum atomic E-state index is -0.0668. The maximum atomic E-state index is 4.50. The third kappa shape index (κ3) is 6.20. The molecule has 0 fully saturated rings. The Bertz CT molecular complexity index is 336. The minimum Gasteiger partial charge on any atom is -0.190 e. The molecule has 0 aromatic heterocycles. The lowest BCUT2D eigenvalue weighted by Crippen LogP contribution is -2.13. The molecule has 0 amide bonds. The van der Waals surface area contributed by atoms with Gasteiger partial charge in [-0.3, -0.25) is 0 Å². The molecule has 0 heterocycles. The lowest BCUT2D eigenvalue weighted by Gasteiger charge is -2.14. The van der Waals surface area contributed by atoms with Crippen LogP contribution >= 0.6 is 0 Å². The first-order valence-corrected chi connectivity index (χ1v) is 6.47. The lowest BCUT2D eigenvalue weighted by molar-refractivity contribution is 0.488. The highest BCUT2D eigenvalue weighted by Gasteiger charge is 2.11. The Morgan fingerprint density at radius 1 is 1.12 bits per heavy atom. The number of hydrogen-bond donors (Lipinski definition) is 0. The van der Waals surface area contributed by atoms with E-state index in [1.807, 2.05) is 0 Å². The van der Waals surface area contributed by atoms with Gasteiger partial charge in [0.2, 0.25) is 0 Å². The van der Waals surface area contributed by atoms with Crippen LogP contribution in [-0.4, -0.2) is 11.6 Å². The molecule has 17 heavy (non-hydrogen) atoms. The van der Waals surface area contributed by atoms with Gasteiger partial charge in [0, 0.05) is 0 Å². The fourth-order valence-corrected chi connectivity index (χ4v) is 1.67. The van der Waals surface area contributed by atoms with Crippen molar-refractivity contribution in [2.75, 3.05) is 0 Å². The highest BCUT2D eigenvalue weighted by Crippen LogP contribution is 2.14. The van der Waals surface area contributed by atoms with E-state index in [1.165, 1.54) is 5.56 Å². The third-order valence-electron chi connectivity index (χ3n) is 2.46. The molecule has 0 saturated heterocycles. The molecular weight excluding hydrogens is 208 g/mol. The van der Waals surface area contributed by atoms with E-state index in [4.69, 9.17) is 0 Å². The number of benzene rings is 1. The zero-order chi connectivity index (χ0) is 12.7. The molecule has 0 bridgehead atoms. The number of hydrogen-bond acceptors (Lipinski definition) is 2. The van der Waals surface area contributed by atoms with E-state index in [0.29, 0.717) is 6.04 Å². The van der Waals surface area contributed by atoms with Gasteiger partial charge in [0.25, 0.3) is 0 Å². The molecule has 2 heteroatoms. The summed E-state index contributed by atoms with van der Waals surface area (Å²) in [5.74, 6) is 0. The molecule has 0 spiro atoms. The molecule has 2 nitrogen and oxygen atoms in total. The van der Waals surface area contributed by atoms with Gasteiger partial charge in [0.1, 0.15) is 0 Å². The lowest BCUT2D eigenvalue weighted by atomic mass is 10.0. The van der Waals surface area contributed by atoms with Crippen molar-refractivity contribution in [3.05, 3.63) is 35.9 Å². The van der Waals surface area contributed by atoms with Crippen LogP contribution < -0.4 is 0 Å². The molecule has 1 rings (SSSR count). The van der Waals surface area contributed by atoms with Crippen LogP contribution in [0.5, 0.6) is 0 Å². The first-order chi connectivity index (χ1) is 8.01. The summed E-state index contributed by atoms with van der Waals surface area (Å²) in [5.41, 5.74) is 1.28. The van der Waals surface area contributed by atoms with Gasteiger partial charge in [-0.1, -0.05) is 43.7 Å². The van der Waals surface area contributed by atoms with Gasteiger partial charge < -0.3 is 0 Å². The average Bonchev–Trinajstić information content (AvgIpc) is 2.27. The van der Waals surface area contributed by atoms with Crippen molar-refractivity contribution in [2.45, 2.75) is 58.5 Å². The second-order valence-electron chi connectivity index (χ2n) is 5.52. The summed E-state index contributed by atoms with van der Waals surface area (Å²) < 4.78 is 0. The van der Waals surface area contributed by atoms with Crippen molar-refractivity contribution in [2.24, 2.45) is 10.2 Å². The minimum absolute atomic E-state index is 0.0668. The van der Waals surface area contributed by atoms with Crippen molar-refractivity contribution in [3.8, 4) is 0 Å². The Labute approximate surface area is 105 Å². The molecule has 1 aromatic rings. The summed E-state index contributed by atoms with van der Waals surface area (Å²) in [5, 5.41) is 8.90. The summed E-state index contributed by atoms with van der Waals surface area (Å²) in [7, 11) is 0. The van der Waals surface area contributed by atoms with Crippen LogP contribution in [0.2, 0.25) is 0 Å². The molecule has 0 saturated carbocycles. The van der Waals surface area contributed by atoms with Gasteiger partial charge in [0.15, 0.2) is 0 Å². The number of rotatable bonds is 5. The molecular formula is C15H24N2. The molecule has 0 radical (unpaired) electrons. The first kappa shape index (κ1) is 13.9. The molecule has 0 aliphatic heterocycles. The SMILES string of the molecule is CCCC(Cc1ccccc1)N=NC(C)(C)C. The van der Waals surface area contributed by atoms with Gasteiger partial charge in [0.05, 0.1) is 11.6 Å². The predicted octanol–water partition coefficient (Wildman–Crippen LogP) is 4.65. The zero-order valence-corrected chi connectivity index (χ0v) is 11.5. The Kier molecular flexibility index (Phi) is 5.33. The zero-order valence-electron chi connectivity index (χ0n) is 11.5. The van der Waals surface area contributed by atoms with Crippen molar-refractivity contribution in [1.29, 1.82) is 0 Å². The topological polar surface area (TPSA) is 24.7 Å². The van der Waals surface area contributed by atoms with Gasteiger partial charge >= 0.3 is 0 Å². The van der Waals surface area contributed by atoms with Crippen molar-refractivity contribution >= 4 is 0 Å². The van der Waals surface area contributed by atoms with Gasteiger partial charge in [-0.2, -0.15) is 10.2 Å². The second kappa shape index (κ2) is 6.53. The molecule has 94 valence electrons. The monoisotopic (exact) mass is 232 g/mol. The summed E-state index contributed by atoms with van der Waals surface area (Å²) in [4.78, 5) is 0. The molecule has 1 aromatic carbocycles. The van der Waals surface area contributed by atoms with Crippen LogP contribution in [0.4, 0.5) is 0 Å². The quantitative estimate of drug-likeness (QED) is 0.660. The first-order valence-electron chi connectivity index (χ1n) is 6.47. The molecule has 0 aliphatic rings. The van der Waals surface area contributed by atoms with E-state index in [1.54, 1.807) is 0 Å². The fraction of sp³-hybridized carbons (Fsp3) is 0.600. The van der Waals surface area contributed by atoms with Crippen LogP contribution in [0, 0.1) is 0 Å². The van der Waals surface area contributed by atoms with Crippen LogP contribution in [0.1, 0.15) is 46.1 Å². The van der Waals surface area contributed by atoms with E-state index in [9.17, 15) is 0 Å². The molecule has 0 N–H and O–H groups in total. The van der Waals surface area contributed by atoms with Crippen LogP contribution in [-0.2, 0) is 6.42 Å². The normalized spacial score (nSPS) is 14.1. The van der Waals surface area contributed by atoms with Gasteiger partial charge in [-0.05, 0) is 39.2 Å². The van der Waals surface area contributed by atoms with Crippen molar-refractivity contribution < 1.29 is 0 Å². The molecule has 1 unspecified atom stereocenters. The summed E-state index contributed by atoms with van der Waals surface area (Å²) in [6.45, 7) is 8.46. The Morgan fingerprint density at radius 3 is 2.29 bits per heavy atom. The fourth-order valence-electron chi connectivity index (χ4n) is 1.67. The van der Waals surface area contributed by atoms with Crippen LogP contribution in [0.15, 0.2) is 40.6 Å². The standard InChI is InChI=1S/C15H24N2/c1-5-9-14(16-17-15(2,3)4)12-13-10-7-6-8-11-13/h6-8,10-11,14H,5,9,12H2,1-4H3. The highest BCUT2D eigenvalue weighted by atomic mass is 15.2. The van der Waals surface area contributed by atoms with Crippen LogP contribution in [0.3, 0.4) is 0 Å². The summed E-state index contributed by atoms with van der Waals surface area (Å²) >= 11 is 0. The molecule has 0 aliphatic carbocycles. The van der Waals surface area contributed by atoms with E-state index < -0.39 is 0 Å². The average molecular weight is 232 g/mol. The number of azo groups is 1. The maximum absolute atomic E-state index is 4.50. The Balaban J connectivity index is 2.64. The molecule has 1 atom stereocenters. The van der Waals surface area contributed by atoms with Crippen LogP contribution in [0.25, 0.3) is 0 Å². The Hall–Kier alpha value is -1.18. The van der Waals surface area contributed by atoms with E-state index in [-0.39, 0.29) is 5.54 Å². The Morgan fingerprint density at radius 2 is 1.76 bits per heavy atom. The highest BCUT2D eigenvalue weighted by molar-refractivity contribution is 5.15. The van der Waals surface area contributed by atoms with Gasteiger partial charge in [-0.15, -0.1) is 0 Å². The summed E-state index contributed by atoms with van der Waals surface area (Å²) in [6, 6.07) is 10.9. The van der Waals surface area contributed by atoms with E-state index in [2.05, 4.69) is 68.3 Å². The smallest absolute Gasteiger partial charge is 0.0748 e. The van der Waals surface area contributed by atoms with E-state index >= 15 is 0 Å². The third-order valence-corrected chi connectivity index (χ3v) is 2.46. The van der Waals surface area contributed by atoms with Crippen molar-refractivity contribution in [1.82, 2.24) is 0 Å². The summed E-state index contributed by atoms with van der Waals surface area (Å²) in [6.07, 6.45) is 3.25. The largest absolute Gasteiger partial charge is 0.190 e. The number of nitrogens with zero attached hydrogens (tertiary/aromatic N) is 2.